The van der Waals surface area contributed by atoms with Crippen LogP contribution < -0.4 is 0 Å². The molecule has 1 saturated heterocycles. The highest BCUT2D eigenvalue weighted by atomic mass is 32.1. The zero-order valence-electron chi connectivity index (χ0n) is 17.7. The lowest BCUT2D eigenvalue weighted by molar-refractivity contribution is 0.00645. The van der Waals surface area contributed by atoms with Gasteiger partial charge in [0.2, 0.25) is 0 Å². The summed E-state index contributed by atoms with van der Waals surface area (Å²) in [6, 6.07) is 8.57. The molecule has 0 amide bonds. The smallest absolute Gasteiger partial charge is 0.0701 e. The second-order valence-electron chi connectivity index (χ2n) is 7.16. The summed E-state index contributed by atoms with van der Waals surface area (Å²) in [7, 11) is 0. The normalized spacial score (nSPS) is 20.5. The molecule has 2 aromatic heterocycles. The van der Waals surface area contributed by atoms with Gasteiger partial charge in [0, 0.05) is 49.0 Å². The summed E-state index contributed by atoms with van der Waals surface area (Å²) >= 11 is 3.59. The average Bonchev–Trinajstić information content (AvgIpc) is 3.45. The van der Waals surface area contributed by atoms with Crippen LogP contribution >= 0.6 is 22.7 Å². The zero-order valence-corrected chi connectivity index (χ0v) is 19.3. The SMILES string of the molecule is c1csc(CN2CCOCCOCCN(Cc3cccs3)CCOCCOCC2)c1. The minimum Gasteiger partial charge on any atom is -0.378 e. The molecule has 0 unspecified atom stereocenters. The maximum atomic E-state index is 5.80. The van der Waals surface area contributed by atoms with Gasteiger partial charge in [-0.25, -0.2) is 0 Å². The van der Waals surface area contributed by atoms with E-state index >= 15 is 0 Å². The van der Waals surface area contributed by atoms with E-state index in [4.69, 9.17) is 18.9 Å². The van der Waals surface area contributed by atoms with Crippen molar-refractivity contribution in [2.75, 3.05) is 79.0 Å². The van der Waals surface area contributed by atoms with Crippen LogP contribution in [0.4, 0.5) is 0 Å². The molecule has 0 N–H and O–H groups in total. The van der Waals surface area contributed by atoms with E-state index in [1.165, 1.54) is 9.75 Å². The molecular weight excluding hydrogens is 420 g/mol. The fraction of sp³-hybridized carbons (Fsp3) is 0.636. The lowest BCUT2D eigenvalue weighted by Gasteiger charge is -2.23. The molecule has 30 heavy (non-hydrogen) atoms. The lowest BCUT2D eigenvalue weighted by atomic mass is 10.4. The number of ether oxygens (including phenoxy) is 4. The van der Waals surface area contributed by atoms with Crippen molar-refractivity contribution < 1.29 is 18.9 Å². The lowest BCUT2D eigenvalue weighted by Crippen LogP contribution is -2.32. The average molecular weight is 455 g/mol. The van der Waals surface area contributed by atoms with E-state index in [1.807, 2.05) is 0 Å². The fourth-order valence-corrected chi connectivity index (χ4v) is 4.70. The molecule has 0 aliphatic carbocycles. The Hall–Kier alpha value is -0.840. The molecule has 0 aromatic carbocycles. The fourth-order valence-electron chi connectivity index (χ4n) is 3.20. The minimum absolute atomic E-state index is 0.636. The molecule has 1 aliphatic rings. The molecule has 0 spiro atoms. The first-order valence-electron chi connectivity index (χ1n) is 10.7. The number of hydrogen-bond donors (Lipinski definition) is 0. The third kappa shape index (κ3) is 9.98. The summed E-state index contributed by atoms with van der Waals surface area (Å²) in [4.78, 5) is 7.52. The molecule has 1 aliphatic heterocycles. The molecule has 1 fully saturated rings. The Morgan fingerprint density at radius 3 is 1.23 bits per heavy atom. The van der Waals surface area contributed by atoms with Crippen molar-refractivity contribution in [1.29, 1.82) is 0 Å². The molecule has 168 valence electrons. The molecule has 0 bridgehead atoms. The third-order valence-corrected chi connectivity index (χ3v) is 6.59. The van der Waals surface area contributed by atoms with Crippen LogP contribution in [0, 0.1) is 0 Å². The van der Waals surface area contributed by atoms with Crippen LogP contribution in [-0.4, -0.2) is 88.8 Å². The predicted molar refractivity (Wildman–Crippen MR) is 122 cm³/mol. The highest BCUT2D eigenvalue weighted by Crippen LogP contribution is 2.12. The van der Waals surface area contributed by atoms with Crippen molar-refractivity contribution in [3.05, 3.63) is 44.8 Å². The highest BCUT2D eigenvalue weighted by molar-refractivity contribution is 7.10. The van der Waals surface area contributed by atoms with E-state index in [0.717, 1.165) is 39.3 Å². The van der Waals surface area contributed by atoms with Crippen LogP contribution in [0.5, 0.6) is 0 Å². The summed E-state index contributed by atoms with van der Waals surface area (Å²) in [5, 5.41) is 4.25. The first-order chi connectivity index (χ1) is 14.9. The van der Waals surface area contributed by atoms with Crippen LogP contribution in [0.3, 0.4) is 0 Å². The van der Waals surface area contributed by atoms with Crippen LogP contribution in [0.25, 0.3) is 0 Å². The van der Waals surface area contributed by atoms with Crippen molar-refractivity contribution >= 4 is 22.7 Å². The molecule has 3 heterocycles. The first kappa shape index (κ1) is 23.8. The van der Waals surface area contributed by atoms with Gasteiger partial charge in [0.1, 0.15) is 0 Å². The second kappa shape index (κ2) is 15.0. The van der Waals surface area contributed by atoms with Crippen LogP contribution in [-0.2, 0) is 32.0 Å². The van der Waals surface area contributed by atoms with Crippen LogP contribution in [0.1, 0.15) is 9.75 Å². The van der Waals surface area contributed by atoms with Crippen LogP contribution in [0.2, 0.25) is 0 Å². The highest BCUT2D eigenvalue weighted by Gasteiger charge is 2.09. The largest absolute Gasteiger partial charge is 0.378 e. The third-order valence-electron chi connectivity index (χ3n) is 4.87. The first-order valence-corrected chi connectivity index (χ1v) is 12.5. The van der Waals surface area contributed by atoms with Crippen molar-refractivity contribution in [2.24, 2.45) is 0 Å². The van der Waals surface area contributed by atoms with Gasteiger partial charge in [0.15, 0.2) is 0 Å². The molecule has 2 aromatic rings. The van der Waals surface area contributed by atoms with Gasteiger partial charge in [0.25, 0.3) is 0 Å². The maximum Gasteiger partial charge on any atom is 0.0701 e. The molecule has 0 saturated carbocycles. The van der Waals surface area contributed by atoms with Gasteiger partial charge in [-0.2, -0.15) is 0 Å². The molecule has 3 rings (SSSR count). The van der Waals surface area contributed by atoms with Gasteiger partial charge in [-0.1, -0.05) is 12.1 Å². The standard InChI is InChI=1S/C22H34N2O4S2/c1-3-21(29-17-1)19-23-5-9-25-13-15-27-11-7-24(20-22-4-2-18-30-22)8-12-28-16-14-26-10-6-23/h1-4,17-18H,5-16,19-20H2. The topological polar surface area (TPSA) is 43.4 Å². The summed E-state index contributed by atoms with van der Waals surface area (Å²) in [6.07, 6.45) is 0. The number of rotatable bonds is 4. The van der Waals surface area contributed by atoms with E-state index in [-0.39, 0.29) is 0 Å². The summed E-state index contributed by atoms with van der Waals surface area (Å²) in [6.45, 7) is 10.9. The van der Waals surface area contributed by atoms with E-state index in [2.05, 4.69) is 44.8 Å². The van der Waals surface area contributed by atoms with Crippen molar-refractivity contribution in [3.8, 4) is 0 Å². The quantitative estimate of drug-likeness (QED) is 0.707. The maximum absolute atomic E-state index is 5.80. The summed E-state index contributed by atoms with van der Waals surface area (Å²) in [5.74, 6) is 0. The minimum atomic E-state index is 0.636. The van der Waals surface area contributed by atoms with Crippen molar-refractivity contribution in [2.45, 2.75) is 13.1 Å². The Morgan fingerprint density at radius 2 is 0.933 bits per heavy atom. The molecular formula is C22H34N2O4S2. The molecule has 6 nitrogen and oxygen atoms in total. The summed E-state index contributed by atoms with van der Waals surface area (Å²) < 4.78 is 23.2. The molecule has 0 radical (unpaired) electrons. The Balaban J connectivity index is 1.41. The number of thiophene rings is 2. The van der Waals surface area contributed by atoms with Gasteiger partial charge in [-0.05, 0) is 22.9 Å². The zero-order chi connectivity index (χ0) is 20.7. The predicted octanol–water partition coefficient (Wildman–Crippen LogP) is 3.19. The Kier molecular flexibility index (Phi) is 11.9. The van der Waals surface area contributed by atoms with Gasteiger partial charge < -0.3 is 18.9 Å². The second-order valence-corrected chi connectivity index (χ2v) is 9.23. The Morgan fingerprint density at radius 1 is 0.567 bits per heavy atom. The van der Waals surface area contributed by atoms with Gasteiger partial charge >= 0.3 is 0 Å². The van der Waals surface area contributed by atoms with Gasteiger partial charge in [-0.15, -0.1) is 22.7 Å². The Bertz CT molecular complexity index is 563. The van der Waals surface area contributed by atoms with Crippen LogP contribution in [0.15, 0.2) is 35.0 Å². The molecule has 0 atom stereocenters. The number of nitrogens with zero attached hydrogens (tertiary/aromatic N) is 2. The van der Waals surface area contributed by atoms with Crippen molar-refractivity contribution in [3.63, 3.8) is 0 Å². The summed E-state index contributed by atoms with van der Waals surface area (Å²) in [5.41, 5.74) is 0. The molecule has 8 heteroatoms. The van der Waals surface area contributed by atoms with Gasteiger partial charge in [-0.3, -0.25) is 9.80 Å². The van der Waals surface area contributed by atoms with E-state index < -0.39 is 0 Å². The Labute approximate surface area is 188 Å². The van der Waals surface area contributed by atoms with E-state index in [0.29, 0.717) is 52.9 Å². The van der Waals surface area contributed by atoms with Gasteiger partial charge in [0.05, 0.1) is 52.9 Å². The monoisotopic (exact) mass is 454 g/mol. The number of hydrogen-bond acceptors (Lipinski definition) is 8. The van der Waals surface area contributed by atoms with E-state index in [9.17, 15) is 0 Å². The van der Waals surface area contributed by atoms with E-state index in [1.54, 1.807) is 22.7 Å². The van der Waals surface area contributed by atoms with Crippen molar-refractivity contribution in [1.82, 2.24) is 9.80 Å².